The topological polar surface area (TPSA) is 0 Å². The lowest BCUT2D eigenvalue weighted by molar-refractivity contribution is 0.627. The van der Waals surface area contributed by atoms with Gasteiger partial charge in [-0.15, -0.1) is 0 Å². The molecule has 0 heterocycles. The zero-order valence-corrected chi connectivity index (χ0v) is 23.0. The Morgan fingerprint density at radius 3 is 1.63 bits per heavy atom. The Kier molecular flexibility index (Phi) is 7.40. The SMILES string of the molecule is Fc1ccc(-c2c(Cl)c(-c3cccc(F)c3)c(-c3ccccc3F)c(-c3ccccc3)c2-c2ccccc2Cl)cc1. The molecule has 5 heteroatoms. The average Bonchev–Trinajstić information content (AvgIpc) is 2.98. The van der Waals surface area contributed by atoms with Crippen molar-refractivity contribution in [3.05, 3.63) is 155 Å². The van der Waals surface area contributed by atoms with Crippen LogP contribution in [-0.2, 0) is 0 Å². The molecule has 0 nitrogen and oxygen atoms in total. The van der Waals surface area contributed by atoms with Crippen LogP contribution in [0.25, 0.3) is 55.6 Å². The maximum atomic E-state index is 15.8. The molecule has 41 heavy (non-hydrogen) atoms. The van der Waals surface area contributed by atoms with Gasteiger partial charge in [0.05, 0.1) is 5.02 Å². The molecule has 0 bridgehead atoms. The molecule has 0 radical (unpaired) electrons. The van der Waals surface area contributed by atoms with E-state index in [4.69, 9.17) is 23.2 Å². The van der Waals surface area contributed by atoms with E-state index in [1.807, 2.05) is 48.5 Å². The second kappa shape index (κ2) is 11.3. The van der Waals surface area contributed by atoms with Crippen molar-refractivity contribution in [3.8, 4) is 55.6 Å². The minimum atomic E-state index is -0.460. The van der Waals surface area contributed by atoms with Gasteiger partial charge in [0.25, 0.3) is 0 Å². The molecular weight excluding hydrogens is 560 g/mol. The van der Waals surface area contributed by atoms with Crippen LogP contribution in [0, 0.1) is 17.5 Å². The molecule has 0 unspecified atom stereocenters. The predicted molar refractivity (Wildman–Crippen MR) is 164 cm³/mol. The van der Waals surface area contributed by atoms with Gasteiger partial charge in [-0.05, 0) is 58.7 Å². The summed E-state index contributed by atoms with van der Waals surface area (Å²) in [6, 6.07) is 35.4. The highest BCUT2D eigenvalue weighted by Gasteiger charge is 2.29. The first-order valence-corrected chi connectivity index (χ1v) is 13.7. The molecule has 0 aromatic heterocycles. The van der Waals surface area contributed by atoms with E-state index in [9.17, 15) is 8.78 Å². The number of rotatable bonds is 5. The minimum Gasteiger partial charge on any atom is -0.207 e. The van der Waals surface area contributed by atoms with E-state index in [2.05, 4.69) is 0 Å². The predicted octanol–water partition coefficient (Wildman–Crippen LogP) is 11.7. The van der Waals surface area contributed by atoms with Gasteiger partial charge in [-0.25, -0.2) is 13.2 Å². The van der Waals surface area contributed by atoms with Crippen molar-refractivity contribution < 1.29 is 13.2 Å². The third-order valence-corrected chi connectivity index (χ3v) is 7.74. The third kappa shape index (κ3) is 5.04. The summed E-state index contributed by atoms with van der Waals surface area (Å²) in [4.78, 5) is 0. The van der Waals surface area contributed by atoms with Gasteiger partial charge in [-0.2, -0.15) is 0 Å². The lowest BCUT2D eigenvalue weighted by Crippen LogP contribution is -2.01. The molecule has 0 fully saturated rings. The summed E-state index contributed by atoms with van der Waals surface area (Å²) in [6.07, 6.45) is 0. The highest BCUT2D eigenvalue weighted by molar-refractivity contribution is 6.40. The number of hydrogen-bond donors (Lipinski definition) is 0. The summed E-state index contributed by atoms with van der Waals surface area (Å²) < 4.78 is 44.6. The van der Waals surface area contributed by atoms with Crippen molar-refractivity contribution in [1.29, 1.82) is 0 Å². The van der Waals surface area contributed by atoms with Crippen LogP contribution in [0.15, 0.2) is 127 Å². The fourth-order valence-corrected chi connectivity index (χ4v) is 5.92. The molecule has 0 N–H and O–H groups in total. The molecular formula is C36H21Cl2F3. The Morgan fingerprint density at radius 1 is 0.390 bits per heavy atom. The highest BCUT2D eigenvalue weighted by Crippen LogP contribution is 2.55. The fraction of sp³-hybridized carbons (Fsp3) is 0. The van der Waals surface area contributed by atoms with E-state index < -0.39 is 17.5 Å². The quantitative estimate of drug-likeness (QED) is 0.190. The van der Waals surface area contributed by atoms with E-state index in [0.717, 1.165) is 5.56 Å². The van der Waals surface area contributed by atoms with Crippen LogP contribution in [-0.4, -0.2) is 0 Å². The molecule has 0 aliphatic carbocycles. The Labute approximate surface area is 246 Å². The molecule has 6 rings (SSSR count). The summed E-state index contributed by atoms with van der Waals surface area (Å²) in [6.45, 7) is 0. The van der Waals surface area contributed by atoms with Crippen LogP contribution in [0.3, 0.4) is 0 Å². The first-order chi connectivity index (χ1) is 19.9. The zero-order valence-electron chi connectivity index (χ0n) is 21.5. The first-order valence-electron chi connectivity index (χ1n) is 12.9. The van der Waals surface area contributed by atoms with Crippen molar-refractivity contribution >= 4 is 23.2 Å². The standard InChI is InChI=1S/C36H21Cl2F3/c37-29-15-6-4-13-27(29)34-31(22-9-2-1-3-10-22)35(28-14-5-7-16-30(28)41)33(24-11-8-12-26(40)21-24)36(38)32(34)23-17-19-25(39)20-18-23/h1-21H. The molecule has 6 aromatic carbocycles. The Bertz CT molecular complexity index is 1880. The van der Waals surface area contributed by atoms with Crippen LogP contribution in [0.2, 0.25) is 10.0 Å². The van der Waals surface area contributed by atoms with Crippen molar-refractivity contribution in [2.45, 2.75) is 0 Å². The molecule has 0 saturated carbocycles. The Balaban J connectivity index is 1.93. The second-order valence-corrected chi connectivity index (χ2v) is 10.3. The monoisotopic (exact) mass is 580 g/mol. The molecule has 0 spiro atoms. The van der Waals surface area contributed by atoms with E-state index in [1.54, 1.807) is 48.5 Å². The summed E-state index contributed by atoms with van der Waals surface area (Å²) in [5.74, 6) is -1.32. The van der Waals surface area contributed by atoms with Crippen molar-refractivity contribution in [2.75, 3.05) is 0 Å². The highest BCUT2D eigenvalue weighted by atomic mass is 35.5. The number of hydrogen-bond acceptors (Lipinski definition) is 0. The fourth-order valence-electron chi connectivity index (χ4n) is 5.28. The van der Waals surface area contributed by atoms with Crippen LogP contribution in [0.5, 0.6) is 0 Å². The molecule has 0 aliphatic rings. The van der Waals surface area contributed by atoms with E-state index in [0.29, 0.717) is 55.1 Å². The zero-order chi connectivity index (χ0) is 28.5. The maximum absolute atomic E-state index is 15.8. The van der Waals surface area contributed by atoms with Crippen LogP contribution in [0.1, 0.15) is 0 Å². The lowest BCUT2D eigenvalue weighted by Gasteiger charge is -2.26. The lowest BCUT2D eigenvalue weighted by atomic mass is 9.78. The van der Waals surface area contributed by atoms with E-state index in [1.165, 1.54) is 30.3 Å². The summed E-state index contributed by atoms with van der Waals surface area (Å²) >= 11 is 14.2. The van der Waals surface area contributed by atoms with Gasteiger partial charge in [0.15, 0.2) is 0 Å². The molecule has 0 atom stereocenters. The number of benzene rings is 6. The Morgan fingerprint density at radius 2 is 0.951 bits per heavy atom. The largest absolute Gasteiger partial charge is 0.207 e. The second-order valence-electron chi connectivity index (χ2n) is 9.53. The summed E-state index contributed by atoms with van der Waals surface area (Å²) in [5.41, 5.74) is 5.65. The van der Waals surface area contributed by atoms with Crippen LogP contribution in [0.4, 0.5) is 13.2 Å². The molecule has 0 aliphatic heterocycles. The van der Waals surface area contributed by atoms with Gasteiger partial charge >= 0.3 is 0 Å². The van der Waals surface area contributed by atoms with E-state index >= 15 is 4.39 Å². The van der Waals surface area contributed by atoms with E-state index in [-0.39, 0.29) is 5.02 Å². The van der Waals surface area contributed by atoms with Crippen molar-refractivity contribution in [2.24, 2.45) is 0 Å². The van der Waals surface area contributed by atoms with Gasteiger partial charge in [0.2, 0.25) is 0 Å². The Hall–Kier alpha value is -4.31. The smallest absolute Gasteiger partial charge is 0.131 e. The summed E-state index contributed by atoms with van der Waals surface area (Å²) in [7, 11) is 0. The summed E-state index contributed by atoms with van der Waals surface area (Å²) in [5, 5.41) is 0.720. The van der Waals surface area contributed by atoms with Crippen LogP contribution >= 0.6 is 23.2 Å². The normalized spacial score (nSPS) is 11.0. The van der Waals surface area contributed by atoms with Gasteiger partial charge in [-0.3, -0.25) is 0 Å². The van der Waals surface area contributed by atoms with Gasteiger partial charge < -0.3 is 0 Å². The van der Waals surface area contributed by atoms with Gasteiger partial charge in [-0.1, -0.05) is 114 Å². The third-order valence-electron chi connectivity index (χ3n) is 7.03. The average molecular weight is 581 g/mol. The van der Waals surface area contributed by atoms with Crippen LogP contribution < -0.4 is 0 Å². The maximum Gasteiger partial charge on any atom is 0.131 e. The molecule has 200 valence electrons. The molecule has 0 amide bonds. The van der Waals surface area contributed by atoms with Crippen molar-refractivity contribution in [3.63, 3.8) is 0 Å². The minimum absolute atomic E-state index is 0.259. The van der Waals surface area contributed by atoms with Crippen molar-refractivity contribution in [1.82, 2.24) is 0 Å². The molecule has 0 saturated heterocycles. The first kappa shape index (κ1) is 26.9. The number of halogens is 5. The van der Waals surface area contributed by atoms with Gasteiger partial charge in [0.1, 0.15) is 17.5 Å². The molecule has 6 aromatic rings. The van der Waals surface area contributed by atoms with Gasteiger partial charge in [0, 0.05) is 38.4 Å².